The van der Waals surface area contributed by atoms with E-state index >= 15 is 0 Å². The monoisotopic (exact) mass is 479 g/mol. The summed E-state index contributed by atoms with van der Waals surface area (Å²) in [7, 11) is 1.76. The van der Waals surface area contributed by atoms with Gasteiger partial charge >= 0.3 is 0 Å². The van der Waals surface area contributed by atoms with Gasteiger partial charge in [0.25, 0.3) is 0 Å². The number of guanidine groups is 1. The van der Waals surface area contributed by atoms with Crippen LogP contribution in [0.3, 0.4) is 0 Å². The van der Waals surface area contributed by atoms with Crippen molar-refractivity contribution >= 4 is 47.4 Å². The van der Waals surface area contributed by atoms with Gasteiger partial charge in [0.2, 0.25) is 0 Å². The molecule has 1 aromatic rings. The summed E-state index contributed by atoms with van der Waals surface area (Å²) in [6.45, 7) is 2.30. The van der Waals surface area contributed by atoms with Gasteiger partial charge in [-0.25, -0.2) is 4.98 Å². The van der Waals surface area contributed by atoms with Crippen LogP contribution in [0.25, 0.3) is 0 Å². The highest BCUT2D eigenvalue weighted by Gasteiger charge is 2.31. The quantitative estimate of drug-likeness (QED) is 0.351. The second kappa shape index (κ2) is 9.23. The number of pyridine rings is 1. The number of anilines is 1. The first-order chi connectivity index (χ1) is 11.6. The van der Waals surface area contributed by atoms with Crippen molar-refractivity contribution in [3.8, 4) is 0 Å². The summed E-state index contributed by atoms with van der Waals surface area (Å²) in [5, 5.41) is 17.8. The van der Waals surface area contributed by atoms with Crippen molar-refractivity contribution in [1.82, 2.24) is 15.6 Å². The molecular weight excluding hydrogens is 453 g/mol. The molecule has 0 spiro atoms. The summed E-state index contributed by atoms with van der Waals surface area (Å²) >= 11 is 6.23. The van der Waals surface area contributed by atoms with E-state index < -0.39 is 5.60 Å². The average Bonchev–Trinajstić information content (AvgIpc) is 3.21. The number of nitrogens with zero attached hydrogens (tertiary/aromatic N) is 3. The van der Waals surface area contributed by atoms with Crippen molar-refractivity contribution in [3.05, 3.63) is 23.4 Å². The fourth-order valence-electron chi connectivity index (χ4n) is 3.53. The molecule has 1 aliphatic carbocycles. The zero-order valence-corrected chi connectivity index (χ0v) is 17.6. The maximum Gasteiger partial charge on any atom is 0.191 e. The van der Waals surface area contributed by atoms with E-state index in [1.165, 1.54) is 0 Å². The molecule has 1 unspecified atom stereocenters. The second-order valence-corrected chi connectivity index (χ2v) is 7.15. The molecule has 1 aromatic heterocycles. The molecule has 8 heteroatoms. The first-order valence-electron chi connectivity index (χ1n) is 8.65. The Labute approximate surface area is 171 Å². The van der Waals surface area contributed by atoms with E-state index in [4.69, 9.17) is 11.6 Å². The Morgan fingerprint density at radius 3 is 2.92 bits per heavy atom. The van der Waals surface area contributed by atoms with E-state index in [0.29, 0.717) is 11.6 Å². The molecule has 2 aliphatic rings. The van der Waals surface area contributed by atoms with Gasteiger partial charge in [-0.3, -0.25) is 4.99 Å². The van der Waals surface area contributed by atoms with Crippen LogP contribution in [-0.4, -0.2) is 54.4 Å². The van der Waals surface area contributed by atoms with Gasteiger partial charge in [0.1, 0.15) is 5.82 Å². The van der Waals surface area contributed by atoms with Crippen LogP contribution in [-0.2, 0) is 0 Å². The summed E-state index contributed by atoms with van der Waals surface area (Å²) in [5.74, 6) is 1.58. The van der Waals surface area contributed by atoms with Gasteiger partial charge in [0.15, 0.2) is 5.96 Å². The van der Waals surface area contributed by atoms with Crippen LogP contribution in [0.2, 0.25) is 5.02 Å². The van der Waals surface area contributed by atoms with Crippen LogP contribution in [0.4, 0.5) is 5.82 Å². The SMILES string of the molecule is CN=C(NCC1(O)CCCC1)NC1CCN(c2ncccc2Cl)C1.I. The number of hydrogen-bond acceptors (Lipinski definition) is 4. The van der Waals surface area contributed by atoms with Crippen molar-refractivity contribution in [2.45, 2.75) is 43.7 Å². The third kappa shape index (κ3) is 5.34. The Hall–Kier alpha value is -0.800. The Balaban J connectivity index is 0.00000225. The average molecular weight is 480 g/mol. The number of aromatic nitrogens is 1. The lowest BCUT2D eigenvalue weighted by Crippen LogP contribution is -2.49. The predicted molar refractivity (Wildman–Crippen MR) is 113 cm³/mol. The summed E-state index contributed by atoms with van der Waals surface area (Å²) in [4.78, 5) is 10.9. The summed E-state index contributed by atoms with van der Waals surface area (Å²) in [6, 6.07) is 4.00. The largest absolute Gasteiger partial charge is 0.388 e. The van der Waals surface area contributed by atoms with Gasteiger partial charge < -0.3 is 20.6 Å². The van der Waals surface area contributed by atoms with Gasteiger partial charge in [0, 0.05) is 38.9 Å². The lowest BCUT2D eigenvalue weighted by molar-refractivity contribution is 0.0521. The van der Waals surface area contributed by atoms with Crippen LogP contribution in [0.1, 0.15) is 32.1 Å². The standard InChI is InChI=1S/C17H26ClN5O.HI/c1-19-16(21-12-17(24)7-2-3-8-17)22-13-6-10-23(11-13)15-14(18)5-4-9-20-15;/h4-5,9,13,24H,2-3,6-8,10-12H2,1H3,(H2,19,21,22);1H. The normalized spacial score (nSPS) is 22.6. The summed E-state index contributed by atoms with van der Waals surface area (Å²) < 4.78 is 0. The topological polar surface area (TPSA) is 72.8 Å². The van der Waals surface area contributed by atoms with Crippen molar-refractivity contribution in [3.63, 3.8) is 0 Å². The molecule has 2 fully saturated rings. The van der Waals surface area contributed by atoms with Crippen molar-refractivity contribution in [1.29, 1.82) is 0 Å². The van der Waals surface area contributed by atoms with E-state index in [9.17, 15) is 5.11 Å². The predicted octanol–water partition coefficient (Wildman–Crippen LogP) is 2.40. The zero-order chi connectivity index (χ0) is 17.0. The molecule has 140 valence electrons. The van der Waals surface area contributed by atoms with Crippen LogP contribution in [0.15, 0.2) is 23.3 Å². The highest BCUT2D eigenvalue weighted by molar-refractivity contribution is 14.0. The number of nitrogens with one attached hydrogen (secondary N) is 2. The van der Waals surface area contributed by atoms with E-state index in [-0.39, 0.29) is 30.0 Å². The smallest absolute Gasteiger partial charge is 0.191 e. The van der Waals surface area contributed by atoms with E-state index in [1.807, 2.05) is 12.1 Å². The molecule has 2 heterocycles. The van der Waals surface area contributed by atoms with E-state index in [2.05, 4.69) is 25.5 Å². The lowest BCUT2D eigenvalue weighted by Gasteiger charge is -2.25. The minimum absolute atomic E-state index is 0. The van der Waals surface area contributed by atoms with Gasteiger partial charge in [-0.05, 0) is 31.4 Å². The molecule has 1 saturated heterocycles. The number of halogens is 2. The Kier molecular flexibility index (Phi) is 7.57. The van der Waals surface area contributed by atoms with E-state index in [1.54, 1.807) is 13.2 Å². The van der Waals surface area contributed by atoms with Crippen LogP contribution < -0.4 is 15.5 Å². The molecular formula is C17H27ClIN5O. The molecule has 0 aromatic carbocycles. The molecule has 0 bridgehead atoms. The van der Waals surface area contributed by atoms with Gasteiger partial charge in [0.05, 0.1) is 10.6 Å². The van der Waals surface area contributed by atoms with Crippen molar-refractivity contribution in [2.24, 2.45) is 4.99 Å². The molecule has 25 heavy (non-hydrogen) atoms. The highest BCUT2D eigenvalue weighted by Crippen LogP contribution is 2.28. The molecule has 6 nitrogen and oxygen atoms in total. The lowest BCUT2D eigenvalue weighted by atomic mass is 10.0. The summed E-state index contributed by atoms with van der Waals surface area (Å²) in [5.41, 5.74) is -0.583. The Bertz CT molecular complexity index is 594. The third-order valence-corrected chi connectivity index (χ3v) is 5.21. The molecule has 0 radical (unpaired) electrons. The Morgan fingerprint density at radius 2 is 2.24 bits per heavy atom. The Morgan fingerprint density at radius 1 is 1.48 bits per heavy atom. The van der Waals surface area contributed by atoms with Crippen LogP contribution in [0.5, 0.6) is 0 Å². The number of aliphatic imine (C=N–C) groups is 1. The molecule has 1 saturated carbocycles. The fraction of sp³-hybridized carbons (Fsp3) is 0.647. The van der Waals surface area contributed by atoms with E-state index in [0.717, 1.165) is 57.0 Å². The first-order valence-corrected chi connectivity index (χ1v) is 9.02. The molecule has 1 atom stereocenters. The highest BCUT2D eigenvalue weighted by atomic mass is 127. The number of rotatable bonds is 4. The van der Waals surface area contributed by atoms with Crippen LogP contribution in [0, 0.1) is 0 Å². The van der Waals surface area contributed by atoms with Crippen molar-refractivity contribution < 1.29 is 5.11 Å². The summed E-state index contributed by atoms with van der Waals surface area (Å²) in [6.07, 6.45) is 6.71. The number of hydrogen-bond donors (Lipinski definition) is 3. The van der Waals surface area contributed by atoms with Crippen molar-refractivity contribution in [2.75, 3.05) is 31.6 Å². The number of aliphatic hydroxyl groups is 1. The van der Waals surface area contributed by atoms with Gasteiger partial charge in [-0.1, -0.05) is 24.4 Å². The maximum atomic E-state index is 10.4. The molecule has 1 aliphatic heterocycles. The first kappa shape index (κ1) is 20.5. The third-order valence-electron chi connectivity index (χ3n) is 4.91. The molecule has 3 N–H and O–H groups in total. The van der Waals surface area contributed by atoms with Gasteiger partial charge in [-0.2, -0.15) is 0 Å². The minimum Gasteiger partial charge on any atom is -0.388 e. The van der Waals surface area contributed by atoms with Crippen LogP contribution >= 0.6 is 35.6 Å². The van der Waals surface area contributed by atoms with Gasteiger partial charge in [-0.15, -0.1) is 24.0 Å². The zero-order valence-electron chi connectivity index (χ0n) is 14.5. The molecule has 0 amide bonds. The molecule has 3 rings (SSSR count). The second-order valence-electron chi connectivity index (χ2n) is 6.74. The minimum atomic E-state index is -0.583. The maximum absolute atomic E-state index is 10.4. The fourth-order valence-corrected chi connectivity index (χ4v) is 3.77.